The summed E-state index contributed by atoms with van der Waals surface area (Å²) in [6.45, 7) is 2.21. The molecule has 4 nitrogen and oxygen atoms in total. The van der Waals surface area contributed by atoms with Crippen LogP contribution in [0.3, 0.4) is 0 Å². The maximum absolute atomic E-state index is 9.37. The highest BCUT2D eigenvalue weighted by atomic mass is 32.2. The second-order valence-electron chi connectivity index (χ2n) is 4.37. The van der Waals surface area contributed by atoms with Crippen molar-refractivity contribution in [2.75, 3.05) is 21.3 Å². The molecule has 5 heteroatoms. The van der Waals surface area contributed by atoms with Gasteiger partial charge in [-0.15, -0.1) is 0 Å². The van der Waals surface area contributed by atoms with Crippen molar-refractivity contribution < 1.29 is 18.8 Å². The number of methoxy groups -OCH3 is 3. The largest absolute Gasteiger partial charge is 0.330 e. The summed E-state index contributed by atoms with van der Waals surface area (Å²) < 4.78 is 25.2. The predicted molar refractivity (Wildman–Crippen MR) is 75.8 cm³/mol. The maximum atomic E-state index is 9.37. The van der Waals surface area contributed by atoms with Gasteiger partial charge in [0.1, 0.15) is 5.25 Å². The van der Waals surface area contributed by atoms with E-state index in [2.05, 4.69) is 6.92 Å². The molecule has 0 aromatic carbocycles. The normalized spacial score (nSPS) is 13.8. The van der Waals surface area contributed by atoms with Gasteiger partial charge in [-0.3, -0.25) is 0 Å². The number of rotatable bonds is 12. The lowest BCUT2D eigenvalue weighted by Crippen LogP contribution is -2.46. The summed E-state index contributed by atoms with van der Waals surface area (Å²) in [5, 5.41) is -0.233. The second-order valence-corrected chi connectivity index (χ2v) is 5.15. The molecule has 1 atom stereocenters. The molecule has 0 amide bonds. The summed E-state index contributed by atoms with van der Waals surface area (Å²) >= 11 is 0.744. The molecule has 0 radical (unpaired) electrons. The van der Waals surface area contributed by atoms with E-state index in [1.807, 2.05) is 0 Å². The number of hydrogen-bond donors (Lipinski definition) is 1. The zero-order valence-electron chi connectivity index (χ0n) is 12.1. The van der Waals surface area contributed by atoms with Crippen LogP contribution in [0.5, 0.6) is 0 Å². The van der Waals surface area contributed by atoms with Gasteiger partial charge in [-0.2, -0.15) is 0 Å². The van der Waals surface area contributed by atoms with Gasteiger partial charge in [-0.05, 0) is 18.5 Å². The summed E-state index contributed by atoms with van der Waals surface area (Å²) in [7, 11) is 4.58. The maximum Gasteiger partial charge on any atom is 0.297 e. The van der Waals surface area contributed by atoms with Crippen molar-refractivity contribution in [3.8, 4) is 0 Å². The average molecular weight is 280 g/mol. The van der Waals surface area contributed by atoms with Gasteiger partial charge in [0, 0.05) is 21.3 Å². The number of ether oxygens (including phenoxy) is 3. The van der Waals surface area contributed by atoms with E-state index in [9.17, 15) is 4.55 Å². The summed E-state index contributed by atoms with van der Waals surface area (Å²) in [6, 6.07) is 0. The van der Waals surface area contributed by atoms with Gasteiger partial charge < -0.3 is 18.8 Å². The Morgan fingerprint density at radius 1 is 0.944 bits per heavy atom. The third-order valence-corrected chi connectivity index (χ3v) is 3.97. The van der Waals surface area contributed by atoms with E-state index in [0.29, 0.717) is 0 Å². The smallest absolute Gasteiger partial charge is 0.297 e. The summed E-state index contributed by atoms with van der Waals surface area (Å²) in [6.07, 6.45) is 8.12. The predicted octanol–water partition coefficient (Wildman–Crippen LogP) is 3.90. The Morgan fingerprint density at radius 3 is 1.89 bits per heavy atom. The van der Waals surface area contributed by atoms with Crippen LogP contribution < -0.4 is 0 Å². The highest BCUT2D eigenvalue weighted by Gasteiger charge is 2.40. The third-order valence-electron chi connectivity index (χ3n) is 3.19. The topological polar surface area (TPSA) is 47.9 Å². The molecule has 0 aliphatic rings. The third kappa shape index (κ3) is 5.89. The highest BCUT2D eigenvalue weighted by molar-refractivity contribution is 7.94. The van der Waals surface area contributed by atoms with Crippen molar-refractivity contribution in [2.24, 2.45) is 0 Å². The molecule has 18 heavy (non-hydrogen) atoms. The van der Waals surface area contributed by atoms with Crippen molar-refractivity contribution in [1.82, 2.24) is 0 Å². The van der Waals surface area contributed by atoms with Gasteiger partial charge in [-0.25, -0.2) is 0 Å². The van der Waals surface area contributed by atoms with Crippen LogP contribution in [0, 0.1) is 0 Å². The van der Waals surface area contributed by atoms with Crippen molar-refractivity contribution in [3.05, 3.63) is 0 Å². The Morgan fingerprint density at radius 2 is 1.44 bits per heavy atom. The van der Waals surface area contributed by atoms with E-state index in [1.165, 1.54) is 53.4 Å². The van der Waals surface area contributed by atoms with Gasteiger partial charge in [0.25, 0.3) is 5.97 Å². The first-order chi connectivity index (χ1) is 8.70. The number of hydrogen-bond acceptors (Lipinski definition) is 5. The summed E-state index contributed by atoms with van der Waals surface area (Å²) in [5.74, 6) is -1.15. The minimum absolute atomic E-state index is 0.233. The van der Waals surface area contributed by atoms with Crippen molar-refractivity contribution >= 4 is 12.0 Å². The van der Waals surface area contributed by atoms with E-state index in [4.69, 9.17) is 14.2 Å². The van der Waals surface area contributed by atoms with E-state index < -0.39 is 5.97 Å². The molecule has 0 aromatic heterocycles. The molecular weight excluding hydrogens is 252 g/mol. The van der Waals surface area contributed by atoms with Crippen LogP contribution in [-0.4, -0.2) is 37.1 Å². The molecule has 0 saturated carbocycles. The zero-order valence-corrected chi connectivity index (χ0v) is 12.9. The highest BCUT2D eigenvalue weighted by Crippen LogP contribution is 2.30. The fourth-order valence-corrected chi connectivity index (χ4v) is 2.74. The van der Waals surface area contributed by atoms with Gasteiger partial charge >= 0.3 is 0 Å². The van der Waals surface area contributed by atoms with Crippen molar-refractivity contribution in [2.45, 2.75) is 63.1 Å². The molecule has 0 aliphatic heterocycles. The molecule has 0 fully saturated rings. The fraction of sp³-hybridized carbons (Fsp3) is 1.00. The molecule has 0 bridgehead atoms. The van der Waals surface area contributed by atoms with Crippen LogP contribution in [0.25, 0.3) is 0 Å². The van der Waals surface area contributed by atoms with E-state index in [0.717, 1.165) is 24.9 Å². The second kappa shape index (κ2) is 11.1. The molecule has 0 spiro atoms. The lowest BCUT2D eigenvalue weighted by molar-refractivity contribution is -0.351. The van der Waals surface area contributed by atoms with Crippen LogP contribution in [-0.2, 0) is 14.2 Å². The van der Waals surface area contributed by atoms with E-state index in [-0.39, 0.29) is 5.25 Å². The molecule has 0 heterocycles. The quantitative estimate of drug-likeness (QED) is 0.334. The average Bonchev–Trinajstić information content (AvgIpc) is 2.42. The number of unbranched alkanes of at least 4 members (excludes halogenated alkanes) is 5. The molecule has 110 valence electrons. The first kappa shape index (κ1) is 18.2. The van der Waals surface area contributed by atoms with E-state index >= 15 is 0 Å². The van der Waals surface area contributed by atoms with Crippen LogP contribution >= 0.6 is 12.0 Å². The molecule has 1 unspecified atom stereocenters. The molecule has 0 aliphatic carbocycles. The standard InChI is InChI=1S/C13H28O4S/c1-5-6-7-8-9-10-11-12(18-14)13(15-2,16-3)17-4/h12,14H,5-11H2,1-4H3. The fourth-order valence-electron chi connectivity index (χ4n) is 2.05. The Balaban J connectivity index is 4.01. The van der Waals surface area contributed by atoms with Crippen LogP contribution in [0.4, 0.5) is 0 Å². The molecular formula is C13H28O4S. The minimum Gasteiger partial charge on any atom is -0.330 e. The lowest BCUT2D eigenvalue weighted by Gasteiger charge is -2.34. The van der Waals surface area contributed by atoms with Gasteiger partial charge in [-0.1, -0.05) is 45.4 Å². The van der Waals surface area contributed by atoms with Crippen LogP contribution in [0.2, 0.25) is 0 Å². The van der Waals surface area contributed by atoms with Crippen molar-refractivity contribution in [1.29, 1.82) is 0 Å². The molecule has 1 N–H and O–H groups in total. The Labute approximate surface area is 116 Å². The monoisotopic (exact) mass is 280 g/mol. The first-order valence-electron chi connectivity index (χ1n) is 6.66. The molecule has 0 aromatic rings. The summed E-state index contributed by atoms with van der Waals surface area (Å²) in [4.78, 5) is 0. The lowest BCUT2D eigenvalue weighted by atomic mass is 10.1. The van der Waals surface area contributed by atoms with Crippen LogP contribution in [0.1, 0.15) is 51.9 Å². The van der Waals surface area contributed by atoms with E-state index in [1.54, 1.807) is 0 Å². The SMILES string of the molecule is CCCCCCCCC(SO)C(OC)(OC)OC. The minimum atomic E-state index is -1.15. The van der Waals surface area contributed by atoms with Crippen molar-refractivity contribution in [3.63, 3.8) is 0 Å². The van der Waals surface area contributed by atoms with Crippen LogP contribution in [0.15, 0.2) is 0 Å². The van der Waals surface area contributed by atoms with Gasteiger partial charge in [0.05, 0.1) is 0 Å². The molecule has 0 rings (SSSR count). The zero-order chi connectivity index (χ0) is 13.9. The molecule has 0 saturated heterocycles. The van der Waals surface area contributed by atoms with Gasteiger partial charge in [0.2, 0.25) is 0 Å². The Hall–Kier alpha value is 0.190. The summed E-state index contributed by atoms with van der Waals surface area (Å²) in [5.41, 5.74) is 0. The Kier molecular flexibility index (Phi) is 11.2. The Bertz CT molecular complexity index is 178. The van der Waals surface area contributed by atoms with Gasteiger partial charge in [0.15, 0.2) is 0 Å². The first-order valence-corrected chi connectivity index (χ1v) is 7.50.